The zero-order valence-corrected chi connectivity index (χ0v) is 11.1. The molecule has 1 aliphatic rings. The van der Waals surface area contributed by atoms with Crippen LogP contribution in [0.25, 0.3) is 0 Å². The van der Waals surface area contributed by atoms with Gasteiger partial charge < -0.3 is 0 Å². The van der Waals surface area contributed by atoms with E-state index >= 15 is 0 Å². The normalized spacial score (nSPS) is 27.4. The molecule has 1 saturated carbocycles. The van der Waals surface area contributed by atoms with Gasteiger partial charge in [0, 0.05) is 12.8 Å². The Labute approximate surface area is 103 Å². The van der Waals surface area contributed by atoms with Crippen LogP contribution in [0.1, 0.15) is 40.0 Å². The molecule has 0 aromatic heterocycles. The highest BCUT2D eigenvalue weighted by molar-refractivity contribution is 7.84. The number of hydrogen-bond acceptors (Lipinski definition) is 2. The van der Waals surface area contributed by atoms with Crippen molar-refractivity contribution in [3.8, 4) is 6.07 Å². The monoisotopic (exact) mass is 264 g/mol. The molecule has 2 unspecified atom stereocenters. The second kappa shape index (κ2) is 4.99. The summed E-state index contributed by atoms with van der Waals surface area (Å²) >= 11 is 0. The van der Waals surface area contributed by atoms with Gasteiger partial charge in [-0.3, -0.25) is 0 Å². The molecule has 0 saturated heterocycles. The van der Waals surface area contributed by atoms with Crippen LogP contribution in [0.3, 0.4) is 0 Å². The topological polar surface area (TPSA) is 52.9 Å². The predicted octanol–water partition coefficient (Wildman–Crippen LogP) is 2.37. The average molecular weight is 264 g/mol. The molecule has 3 nitrogen and oxygen atoms in total. The molecule has 0 aliphatic heterocycles. The Kier molecular flexibility index (Phi) is 4.26. The Hall–Kier alpha value is -0.540. The lowest BCUT2D eigenvalue weighted by atomic mass is 10.0. The summed E-state index contributed by atoms with van der Waals surface area (Å²) < 4.78 is 40.1. The summed E-state index contributed by atoms with van der Waals surface area (Å²) in [4.78, 5) is 0. The Morgan fingerprint density at radius 2 is 2.12 bits per heavy atom. The number of hydrogen-bond donors (Lipinski definition) is 1. The molecule has 98 valence electrons. The van der Waals surface area contributed by atoms with E-state index in [9.17, 15) is 13.0 Å². The van der Waals surface area contributed by atoms with Crippen LogP contribution in [-0.2, 0) is 11.0 Å². The molecule has 6 heteroatoms. The Balaban J connectivity index is 2.63. The lowest BCUT2D eigenvalue weighted by molar-refractivity contribution is 0.00445. The van der Waals surface area contributed by atoms with Crippen LogP contribution in [0.5, 0.6) is 0 Å². The van der Waals surface area contributed by atoms with Crippen molar-refractivity contribution in [2.75, 3.05) is 0 Å². The third-order valence-electron chi connectivity index (χ3n) is 2.84. The van der Waals surface area contributed by atoms with Crippen molar-refractivity contribution in [2.24, 2.45) is 5.92 Å². The highest BCUT2D eigenvalue weighted by Gasteiger charge is 2.43. The summed E-state index contributed by atoms with van der Waals surface area (Å²) in [7, 11) is -1.41. The predicted molar refractivity (Wildman–Crippen MR) is 62.7 cm³/mol. The van der Waals surface area contributed by atoms with Crippen molar-refractivity contribution in [1.82, 2.24) is 4.72 Å². The molecule has 1 aliphatic carbocycles. The first-order valence-electron chi connectivity index (χ1n) is 5.61. The van der Waals surface area contributed by atoms with Crippen LogP contribution in [-0.4, -0.2) is 20.9 Å². The van der Waals surface area contributed by atoms with E-state index in [1.807, 2.05) is 6.07 Å². The molecular formula is C11H18F2N2OS. The van der Waals surface area contributed by atoms with Crippen LogP contribution in [0.15, 0.2) is 0 Å². The van der Waals surface area contributed by atoms with E-state index in [4.69, 9.17) is 5.26 Å². The number of rotatable bonds is 3. The summed E-state index contributed by atoms with van der Waals surface area (Å²) in [5.41, 5.74) is 0. The minimum Gasteiger partial charge on any atom is -0.242 e. The molecule has 17 heavy (non-hydrogen) atoms. The molecule has 0 radical (unpaired) electrons. The van der Waals surface area contributed by atoms with Gasteiger partial charge in [-0.15, -0.1) is 0 Å². The van der Waals surface area contributed by atoms with Crippen LogP contribution in [0.4, 0.5) is 8.78 Å². The van der Waals surface area contributed by atoms with E-state index in [-0.39, 0.29) is 12.8 Å². The first-order chi connectivity index (χ1) is 7.65. The molecule has 1 rings (SSSR count). The molecule has 1 N–H and O–H groups in total. The van der Waals surface area contributed by atoms with Crippen molar-refractivity contribution in [2.45, 2.75) is 56.7 Å². The molecule has 0 heterocycles. The highest BCUT2D eigenvalue weighted by atomic mass is 32.2. The van der Waals surface area contributed by atoms with Gasteiger partial charge in [-0.1, -0.05) is 0 Å². The van der Waals surface area contributed by atoms with Gasteiger partial charge in [-0.2, -0.15) is 5.26 Å². The SMILES string of the molecule is CC(C)(C)[S@](=O)NC(C#N)C1CCC(F)(F)C1. The number of nitrogens with one attached hydrogen (secondary N) is 1. The molecule has 0 spiro atoms. The second-order valence-electron chi connectivity index (χ2n) is 5.46. The van der Waals surface area contributed by atoms with Crippen molar-refractivity contribution >= 4 is 11.0 Å². The van der Waals surface area contributed by atoms with Crippen molar-refractivity contribution in [1.29, 1.82) is 5.26 Å². The summed E-state index contributed by atoms with van der Waals surface area (Å²) in [5, 5.41) is 8.98. The fraction of sp³-hybridized carbons (Fsp3) is 0.909. The Bertz CT molecular complexity index is 346. The summed E-state index contributed by atoms with van der Waals surface area (Å²) in [6, 6.07) is 1.19. The van der Waals surface area contributed by atoms with Crippen LogP contribution in [0.2, 0.25) is 0 Å². The molecular weight excluding hydrogens is 246 g/mol. The maximum absolute atomic E-state index is 13.0. The molecule has 3 atom stereocenters. The minimum absolute atomic E-state index is 0.181. The number of nitriles is 1. The fourth-order valence-corrected chi connectivity index (χ4v) is 2.62. The summed E-state index contributed by atoms with van der Waals surface area (Å²) in [5.74, 6) is -3.09. The summed E-state index contributed by atoms with van der Waals surface area (Å²) in [6.45, 7) is 5.31. The van der Waals surface area contributed by atoms with Crippen molar-refractivity contribution < 1.29 is 13.0 Å². The number of nitrogens with zero attached hydrogens (tertiary/aromatic N) is 1. The van der Waals surface area contributed by atoms with E-state index in [1.54, 1.807) is 20.8 Å². The summed E-state index contributed by atoms with van der Waals surface area (Å²) in [6.07, 6.45) is -0.168. The zero-order chi connectivity index (χ0) is 13.3. The molecule has 0 aromatic rings. The largest absolute Gasteiger partial charge is 0.248 e. The zero-order valence-electron chi connectivity index (χ0n) is 10.3. The minimum atomic E-state index is -2.68. The molecule has 0 aromatic carbocycles. The quantitative estimate of drug-likeness (QED) is 0.850. The highest BCUT2D eigenvalue weighted by Crippen LogP contribution is 2.40. The van der Waals surface area contributed by atoms with Crippen LogP contribution in [0, 0.1) is 17.2 Å². The van der Waals surface area contributed by atoms with Gasteiger partial charge in [0.15, 0.2) is 0 Å². The van der Waals surface area contributed by atoms with Crippen LogP contribution >= 0.6 is 0 Å². The maximum atomic E-state index is 13.0. The van der Waals surface area contributed by atoms with Gasteiger partial charge in [0.2, 0.25) is 5.92 Å². The fourth-order valence-electron chi connectivity index (χ4n) is 1.79. The molecule has 0 amide bonds. The average Bonchev–Trinajstić information content (AvgIpc) is 2.53. The standard InChI is InChI=1S/C11H18F2N2OS/c1-10(2,3)17(16)15-9(7-14)8-4-5-11(12,13)6-8/h8-9,15H,4-6H2,1-3H3/t8?,9?,17-/m0/s1. The Morgan fingerprint density at radius 3 is 2.47 bits per heavy atom. The molecule has 0 bridgehead atoms. The van der Waals surface area contributed by atoms with Crippen LogP contribution < -0.4 is 4.72 Å². The number of alkyl halides is 2. The van der Waals surface area contributed by atoms with Crippen molar-refractivity contribution in [3.05, 3.63) is 0 Å². The second-order valence-corrected chi connectivity index (χ2v) is 7.46. The van der Waals surface area contributed by atoms with Gasteiger partial charge in [0.05, 0.1) is 21.8 Å². The van der Waals surface area contributed by atoms with E-state index < -0.39 is 33.6 Å². The van der Waals surface area contributed by atoms with Crippen molar-refractivity contribution in [3.63, 3.8) is 0 Å². The van der Waals surface area contributed by atoms with E-state index in [0.717, 1.165) is 0 Å². The van der Waals surface area contributed by atoms with E-state index in [0.29, 0.717) is 6.42 Å². The lowest BCUT2D eigenvalue weighted by Gasteiger charge is -2.23. The van der Waals surface area contributed by atoms with Gasteiger partial charge in [0.1, 0.15) is 6.04 Å². The third-order valence-corrected chi connectivity index (χ3v) is 4.42. The number of halogens is 2. The smallest absolute Gasteiger partial charge is 0.242 e. The maximum Gasteiger partial charge on any atom is 0.248 e. The first-order valence-corrected chi connectivity index (χ1v) is 6.76. The lowest BCUT2D eigenvalue weighted by Crippen LogP contribution is -2.42. The van der Waals surface area contributed by atoms with Gasteiger partial charge in [-0.05, 0) is 33.1 Å². The third kappa shape index (κ3) is 4.00. The van der Waals surface area contributed by atoms with E-state index in [1.165, 1.54) is 0 Å². The molecule has 1 fully saturated rings. The van der Waals surface area contributed by atoms with E-state index in [2.05, 4.69) is 4.72 Å². The first kappa shape index (κ1) is 14.5. The van der Waals surface area contributed by atoms with Gasteiger partial charge in [-0.25, -0.2) is 17.7 Å². The van der Waals surface area contributed by atoms with Gasteiger partial charge >= 0.3 is 0 Å². The Morgan fingerprint density at radius 1 is 1.53 bits per heavy atom. The van der Waals surface area contributed by atoms with Gasteiger partial charge in [0.25, 0.3) is 0 Å².